The van der Waals surface area contributed by atoms with Crippen molar-refractivity contribution in [1.29, 1.82) is 0 Å². The second-order valence-electron chi connectivity index (χ2n) is 12.8. The molecule has 1 N–H and O–H groups in total. The quantitative estimate of drug-likeness (QED) is 0.253. The van der Waals surface area contributed by atoms with E-state index in [1.54, 1.807) is 11.9 Å². The first-order valence-corrected chi connectivity index (χ1v) is 16.4. The van der Waals surface area contributed by atoms with E-state index >= 15 is 0 Å². The van der Waals surface area contributed by atoms with Gasteiger partial charge in [-0.2, -0.15) is 13.2 Å². The number of piperidine rings is 1. The Morgan fingerprint density at radius 3 is 2.22 bits per heavy atom. The second-order valence-corrected chi connectivity index (χ2v) is 12.8. The number of nitrogens with one attached hydrogen (secondary N) is 1. The summed E-state index contributed by atoms with van der Waals surface area (Å²) in [6, 6.07) is 25.1. The van der Waals surface area contributed by atoms with Crippen LogP contribution in [0.1, 0.15) is 72.0 Å². The van der Waals surface area contributed by atoms with Crippen molar-refractivity contribution in [1.82, 2.24) is 20.0 Å². The number of amides is 3. The maximum Gasteiger partial charge on any atom is 0.416 e. The molecule has 3 amide bonds. The Morgan fingerprint density at radius 2 is 1.57 bits per heavy atom. The van der Waals surface area contributed by atoms with Crippen molar-refractivity contribution in [2.45, 2.75) is 69.8 Å². The normalized spacial score (nSPS) is 20.8. The average Bonchev–Trinajstić information content (AvgIpc) is 3.50. The lowest BCUT2D eigenvalue weighted by molar-refractivity contribution is -0.137. The van der Waals surface area contributed by atoms with Gasteiger partial charge in [-0.05, 0) is 73.3 Å². The van der Waals surface area contributed by atoms with Crippen molar-refractivity contribution < 1.29 is 22.8 Å². The van der Waals surface area contributed by atoms with Gasteiger partial charge in [-0.1, -0.05) is 73.7 Å². The van der Waals surface area contributed by atoms with Crippen molar-refractivity contribution in [3.63, 3.8) is 0 Å². The van der Waals surface area contributed by atoms with Gasteiger partial charge in [0.05, 0.1) is 5.56 Å². The van der Waals surface area contributed by atoms with E-state index in [0.29, 0.717) is 12.5 Å². The van der Waals surface area contributed by atoms with E-state index in [1.807, 2.05) is 53.4 Å². The summed E-state index contributed by atoms with van der Waals surface area (Å²) in [5.74, 6) is 0.147. The number of carbonyl (C=O) groups is 2. The van der Waals surface area contributed by atoms with E-state index in [2.05, 4.69) is 29.3 Å². The molecule has 1 aliphatic carbocycles. The number of likely N-dealkylation sites (tertiary alicyclic amines) is 1. The molecule has 2 fully saturated rings. The van der Waals surface area contributed by atoms with Crippen molar-refractivity contribution in [3.05, 3.63) is 107 Å². The van der Waals surface area contributed by atoms with E-state index in [1.165, 1.54) is 17.7 Å². The van der Waals surface area contributed by atoms with E-state index in [0.717, 1.165) is 76.0 Å². The molecule has 6 nitrogen and oxygen atoms in total. The van der Waals surface area contributed by atoms with Gasteiger partial charge in [0.25, 0.3) is 5.91 Å². The van der Waals surface area contributed by atoms with E-state index in [-0.39, 0.29) is 35.5 Å². The molecule has 9 heteroatoms. The average molecular weight is 635 g/mol. The molecule has 0 bridgehead atoms. The van der Waals surface area contributed by atoms with Gasteiger partial charge >= 0.3 is 12.2 Å². The highest BCUT2D eigenvalue weighted by atomic mass is 19.4. The molecule has 246 valence electrons. The number of benzene rings is 3. The molecule has 5 rings (SSSR count). The van der Waals surface area contributed by atoms with Crippen LogP contribution < -0.4 is 5.32 Å². The van der Waals surface area contributed by atoms with E-state index in [9.17, 15) is 22.8 Å². The Morgan fingerprint density at radius 1 is 0.891 bits per heavy atom. The number of rotatable bonds is 10. The zero-order chi connectivity index (χ0) is 32.7. The first kappa shape index (κ1) is 33.5. The molecule has 2 unspecified atom stereocenters. The van der Waals surface area contributed by atoms with E-state index < -0.39 is 11.7 Å². The number of alkyl halides is 3. The smallest absolute Gasteiger partial charge is 0.339 e. The van der Waals surface area contributed by atoms with Crippen LogP contribution in [0.2, 0.25) is 0 Å². The summed E-state index contributed by atoms with van der Waals surface area (Å²) in [4.78, 5) is 32.7. The van der Waals surface area contributed by atoms with Crippen LogP contribution in [-0.4, -0.2) is 71.9 Å². The van der Waals surface area contributed by atoms with Crippen molar-refractivity contribution in [3.8, 4) is 0 Å². The summed E-state index contributed by atoms with van der Waals surface area (Å²) >= 11 is 0. The number of nitrogens with zero attached hydrogens (tertiary/aromatic N) is 3. The summed E-state index contributed by atoms with van der Waals surface area (Å²) in [5, 5.41) is 3.11. The van der Waals surface area contributed by atoms with Crippen LogP contribution in [0.3, 0.4) is 0 Å². The SMILES string of the molecule is CCCN(C(=O)NCc1ccccc1)C1CCN(C[C@H]2CC(N(C)C(=O)c3cccc(C(F)(F)F)c3)CC2c2ccccc2)CC1. The van der Waals surface area contributed by atoms with Gasteiger partial charge < -0.3 is 20.0 Å². The molecular weight excluding hydrogens is 589 g/mol. The second kappa shape index (κ2) is 15.2. The van der Waals surface area contributed by atoms with Crippen LogP contribution in [0.4, 0.5) is 18.0 Å². The Kier molecular flexibility index (Phi) is 11.0. The van der Waals surface area contributed by atoms with E-state index in [4.69, 9.17) is 0 Å². The molecule has 0 radical (unpaired) electrons. The minimum Gasteiger partial charge on any atom is -0.339 e. The molecule has 2 aliphatic rings. The zero-order valence-electron chi connectivity index (χ0n) is 26.8. The van der Waals surface area contributed by atoms with Crippen molar-refractivity contribution in [2.24, 2.45) is 5.92 Å². The Labute approximate surface area is 270 Å². The first-order chi connectivity index (χ1) is 22.1. The largest absolute Gasteiger partial charge is 0.416 e. The molecule has 0 spiro atoms. The molecule has 3 atom stereocenters. The van der Waals surface area contributed by atoms with Crippen LogP contribution >= 0.6 is 0 Å². The predicted molar refractivity (Wildman–Crippen MR) is 174 cm³/mol. The third-order valence-electron chi connectivity index (χ3n) is 9.71. The van der Waals surface area contributed by atoms with Gasteiger partial charge in [0.2, 0.25) is 0 Å². The van der Waals surface area contributed by atoms with Crippen molar-refractivity contribution in [2.75, 3.05) is 33.2 Å². The highest BCUT2D eigenvalue weighted by Crippen LogP contribution is 2.43. The lowest BCUT2D eigenvalue weighted by atomic mass is 9.88. The molecule has 3 aromatic carbocycles. The molecule has 0 aromatic heterocycles. The van der Waals surface area contributed by atoms with Crippen molar-refractivity contribution >= 4 is 11.9 Å². The lowest BCUT2D eigenvalue weighted by Gasteiger charge is -2.39. The first-order valence-electron chi connectivity index (χ1n) is 16.4. The standard InChI is InChI=1S/C37H45F3N4O2/c1-3-19-44(36(46)41-25-27-11-6-4-7-12-27)32-17-20-43(21-18-32)26-30-23-33(24-34(30)28-13-8-5-9-14-28)42(2)35(45)29-15-10-16-31(22-29)37(38,39)40/h4-16,22,30,32-34H,3,17-21,23-26H2,1-2H3,(H,41,46)/t30-,33?,34?/m1/s1. The Balaban J connectivity index is 1.22. The molecule has 1 saturated carbocycles. The highest BCUT2D eigenvalue weighted by Gasteiger charge is 2.40. The van der Waals surface area contributed by atoms with Crippen LogP contribution in [-0.2, 0) is 12.7 Å². The topological polar surface area (TPSA) is 55.9 Å². The van der Waals surface area contributed by atoms with Gasteiger partial charge in [0, 0.05) is 57.4 Å². The zero-order valence-corrected chi connectivity index (χ0v) is 26.8. The number of hydrogen-bond acceptors (Lipinski definition) is 3. The third kappa shape index (κ3) is 8.29. The summed E-state index contributed by atoms with van der Waals surface area (Å²) < 4.78 is 40.0. The Bertz CT molecular complexity index is 1430. The van der Waals surface area contributed by atoms with Crippen LogP contribution in [0.15, 0.2) is 84.9 Å². The molecule has 1 heterocycles. The number of urea groups is 1. The summed E-state index contributed by atoms with van der Waals surface area (Å²) in [6.45, 7) is 5.98. The fourth-order valence-corrected chi connectivity index (χ4v) is 7.23. The van der Waals surface area contributed by atoms with Crippen LogP contribution in [0.25, 0.3) is 0 Å². The van der Waals surface area contributed by atoms with Gasteiger partial charge in [-0.15, -0.1) is 0 Å². The van der Waals surface area contributed by atoms with Gasteiger partial charge in [-0.3, -0.25) is 4.79 Å². The summed E-state index contributed by atoms with van der Waals surface area (Å²) in [6.07, 6.45) is -0.257. The van der Waals surface area contributed by atoms with Crippen LogP contribution in [0.5, 0.6) is 0 Å². The maximum atomic E-state index is 13.4. The number of hydrogen-bond donors (Lipinski definition) is 1. The summed E-state index contributed by atoms with van der Waals surface area (Å²) in [7, 11) is 1.72. The molecular formula is C37H45F3N4O2. The minimum absolute atomic E-state index is 0.0135. The lowest BCUT2D eigenvalue weighted by Crippen LogP contribution is -2.51. The monoisotopic (exact) mass is 634 g/mol. The molecule has 3 aromatic rings. The van der Waals surface area contributed by atoms with Gasteiger partial charge in [-0.25, -0.2) is 4.79 Å². The molecule has 46 heavy (non-hydrogen) atoms. The summed E-state index contributed by atoms with van der Waals surface area (Å²) in [5.41, 5.74) is 1.55. The third-order valence-corrected chi connectivity index (χ3v) is 9.71. The molecule has 1 saturated heterocycles. The van der Waals surface area contributed by atoms with Gasteiger partial charge in [0.1, 0.15) is 0 Å². The fraction of sp³-hybridized carbons (Fsp3) is 0.459. The predicted octanol–water partition coefficient (Wildman–Crippen LogP) is 7.43. The minimum atomic E-state index is -4.50. The molecule has 1 aliphatic heterocycles. The number of halogens is 3. The fourth-order valence-electron chi connectivity index (χ4n) is 7.23. The maximum absolute atomic E-state index is 13.4. The van der Waals surface area contributed by atoms with Gasteiger partial charge in [0.15, 0.2) is 0 Å². The van der Waals surface area contributed by atoms with Crippen LogP contribution in [0, 0.1) is 5.92 Å². The Hall–Kier alpha value is -3.85. The number of carbonyl (C=O) groups excluding carboxylic acids is 2. The highest BCUT2D eigenvalue weighted by molar-refractivity contribution is 5.94.